The van der Waals surface area contributed by atoms with Gasteiger partial charge in [0, 0.05) is 51.1 Å². The normalized spacial score (nSPS) is 17.8. The van der Waals surface area contributed by atoms with Crippen LogP contribution in [0, 0.1) is 17.6 Å². The van der Waals surface area contributed by atoms with Gasteiger partial charge in [0.2, 0.25) is 17.6 Å². The number of nitrogens with one attached hydrogen (secondary N) is 1. The van der Waals surface area contributed by atoms with Crippen molar-refractivity contribution in [3.63, 3.8) is 0 Å². The summed E-state index contributed by atoms with van der Waals surface area (Å²) < 4.78 is 40.7. The molecule has 5 atom stereocenters. The highest BCUT2D eigenvalue weighted by Crippen LogP contribution is 2.26. The summed E-state index contributed by atoms with van der Waals surface area (Å²) >= 11 is 0. The van der Waals surface area contributed by atoms with Gasteiger partial charge in [-0.05, 0) is 67.8 Å². The van der Waals surface area contributed by atoms with Gasteiger partial charge in [-0.3, -0.25) is 18.8 Å². The first-order valence-electron chi connectivity index (χ1n) is 16.5. The predicted octanol–water partition coefficient (Wildman–Crippen LogP) is 4.31. The Hall–Kier alpha value is -4.91. The Morgan fingerprint density at radius 2 is 1.76 bits per heavy atom. The lowest BCUT2D eigenvalue weighted by Crippen LogP contribution is -2.57. The van der Waals surface area contributed by atoms with Gasteiger partial charge in [0.15, 0.2) is 0 Å². The minimum atomic E-state index is -0.994. The Morgan fingerprint density at radius 3 is 2.41 bits per heavy atom. The molecular formula is C36H42F2N6O5. The Bertz CT molecular complexity index is 1700. The summed E-state index contributed by atoms with van der Waals surface area (Å²) in [5, 5.41) is 2.89. The van der Waals surface area contributed by atoms with Gasteiger partial charge in [0.25, 0.3) is 5.91 Å². The first kappa shape index (κ1) is 35.4. The lowest BCUT2D eigenvalue weighted by atomic mass is 10.1. The average molecular weight is 677 g/mol. The molecule has 0 spiro atoms. The number of aromatic nitrogens is 3. The van der Waals surface area contributed by atoms with E-state index in [0.717, 1.165) is 5.56 Å². The highest BCUT2D eigenvalue weighted by molar-refractivity contribution is 5.93. The van der Waals surface area contributed by atoms with Crippen LogP contribution >= 0.6 is 0 Å². The summed E-state index contributed by atoms with van der Waals surface area (Å²) in [7, 11) is 1.47. The maximum atomic E-state index is 14.4. The van der Waals surface area contributed by atoms with E-state index in [9.17, 15) is 23.2 Å². The third-order valence-corrected chi connectivity index (χ3v) is 9.00. The number of carbonyl (C=O) groups is 3. The molecule has 13 heteroatoms. The number of carbonyl (C=O) groups excluding carboxylic acids is 3. The number of imidazole rings is 1. The van der Waals surface area contributed by atoms with Crippen LogP contribution in [0.5, 0.6) is 5.75 Å². The second kappa shape index (κ2) is 16.0. The van der Waals surface area contributed by atoms with Crippen LogP contribution < -0.4 is 10.1 Å². The second-order valence-corrected chi connectivity index (χ2v) is 12.4. The molecule has 1 saturated heterocycles. The first-order valence-corrected chi connectivity index (χ1v) is 16.5. The van der Waals surface area contributed by atoms with Crippen molar-refractivity contribution in [3.8, 4) is 5.75 Å². The van der Waals surface area contributed by atoms with E-state index >= 15 is 0 Å². The number of ether oxygens (including phenoxy) is 2. The first-order chi connectivity index (χ1) is 23.6. The molecule has 0 bridgehead atoms. The molecule has 5 rings (SSSR count). The number of halogens is 2. The van der Waals surface area contributed by atoms with Gasteiger partial charge in [-0.1, -0.05) is 26.0 Å². The van der Waals surface area contributed by atoms with Crippen LogP contribution in [0.3, 0.4) is 0 Å². The van der Waals surface area contributed by atoms with E-state index in [4.69, 9.17) is 9.47 Å². The standard InChI is InChI=1S/C36H42F2N6O5/c1-5-23(2)33(45)41-32(24(3)48-4)35(47)44-21-30(49-29-13-11-27(38)12-14-29)19-28(44)20-42(18-15-25-7-9-26(37)10-8-25)34(46)31-22-43-17-6-16-39-36(43)40-31/h6-14,16-17,22-24,28,30,32H,5,15,18-21H2,1-4H3,(H,41,45)/t23-,24-,28+,30+,32+/m1/s1. The van der Waals surface area contributed by atoms with E-state index in [-0.39, 0.29) is 54.8 Å². The van der Waals surface area contributed by atoms with Crippen molar-refractivity contribution in [1.29, 1.82) is 0 Å². The number of likely N-dealkylation sites (tertiary alicyclic amines) is 1. The highest BCUT2D eigenvalue weighted by atomic mass is 19.1. The molecule has 3 amide bonds. The maximum absolute atomic E-state index is 14.4. The summed E-state index contributed by atoms with van der Waals surface area (Å²) in [6.45, 7) is 5.92. The molecule has 0 unspecified atom stereocenters. The number of hydrogen-bond donors (Lipinski definition) is 1. The monoisotopic (exact) mass is 676 g/mol. The molecule has 0 aliphatic carbocycles. The molecular weight excluding hydrogens is 634 g/mol. The number of fused-ring (bicyclic) bond motifs is 1. The van der Waals surface area contributed by atoms with Gasteiger partial charge < -0.3 is 24.6 Å². The van der Waals surface area contributed by atoms with Gasteiger partial charge >= 0.3 is 0 Å². The zero-order chi connectivity index (χ0) is 35.1. The zero-order valence-electron chi connectivity index (χ0n) is 28.1. The Labute approximate surface area is 284 Å². The van der Waals surface area contributed by atoms with Gasteiger partial charge in [-0.25, -0.2) is 18.7 Å². The molecule has 1 fully saturated rings. The molecule has 1 N–H and O–H groups in total. The van der Waals surface area contributed by atoms with Crippen LogP contribution in [-0.4, -0.2) is 92.9 Å². The largest absolute Gasteiger partial charge is 0.489 e. The van der Waals surface area contributed by atoms with Crippen molar-refractivity contribution in [2.75, 3.05) is 26.7 Å². The summed E-state index contributed by atoms with van der Waals surface area (Å²) in [6, 6.07) is 11.9. The van der Waals surface area contributed by atoms with E-state index in [1.165, 1.54) is 43.5 Å². The van der Waals surface area contributed by atoms with E-state index in [2.05, 4.69) is 15.3 Å². The third-order valence-electron chi connectivity index (χ3n) is 9.00. The second-order valence-electron chi connectivity index (χ2n) is 12.4. The average Bonchev–Trinajstić information content (AvgIpc) is 3.73. The van der Waals surface area contributed by atoms with Crippen molar-refractivity contribution in [2.45, 2.75) is 64.3 Å². The zero-order valence-corrected chi connectivity index (χ0v) is 28.1. The van der Waals surface area contributed by atoms with Crippen LogP contribution in [0.2, 0.25) is 0 Å². The molecule has 0 radical (unpaired) electrons. The SMILES string of the molecule is CC[C@@H](C)C(=O)N[C@H](C(=O)N1C[C@@H](Oc2ccc(F)cc2)C[C@H]1CN(CCc1ccc(F)cc1)C(=O)c1cn2cccnc2n1)[C@@H](C)OC. The van der Waals surface area contributed by atoms with Crippen molar-refractivity contribution in [1.82, 2.24) is 29.5 Å². The molecule has 2 aromatic heterocycles. The Kier molecular flexibility index (Phi) is 11.6. The fraction of sp³-hybridized carbons (Fsp3) is 0.417. The fourth-order valence-electron chi connectivity index (χ4n) is 5.82. The van der Waals surface area contributed by atoms with Crippen LogP contribution in [0.25, 0.3) is 5.78 Å². The number of methoxy groups -OCH3 is 1. The molecule has 49 heavy (non-hydrogen) atoms. The molecule has 11 nitrogen and oxygen atoms in total. The van der Waals surface area contributed by atoms with Gasteiger partial charge in [0.1, 0.15) is 35.2 Å². The summed E-state index contributed by atoms with van der Waals surface area (Å²) in [4.78, 5) is 53.4. The van der Waals surface area contributed by atoms with Crippen LogP contribution in [0.1, 0.15) is 49.7 Å². The number of rotatable bonds is 14. The van der Waals surface area contributed by atoms with E-state index < -0.39 is 30.1 Å². The number of benzene rings is 2. The molecule has 4 aromatic rings. The maximum Gasteiger partial charge on any atom is 0.274 e. The minimum absolute atomic E-state index is 0.115. The van der Waals surface area contributed by atoms with Gasteiger partial charge in [-0.2, -0.15) is 0 Å². The number of hydrogen-bond acceptors (Lipinski definition) is 7. The van der Waals surface area contributed by atoms with Gasteiger partial charge in [0.05, 0.1) is 18.7 Å². The van der Waals surface area contributed by atoms with Crippen molar-refractivity contribution < 1.29 is 32.6 Å². The lowest BCUT2D eigenvalue weighted by Gasteiger charge is -2.34. The molecule has 1 aliphatic heterocycles. The fourth-order valence-corrected chi connectivity index (χ4v) is 5.82. The van der Waals surface area contributed by atoms with Crippen LogP contribution in [0.15, 0.2) is 73.2 Å². The molecule has 0 saturated carbocycles. The highest BCUT2D eigenvalue weighted by Gasteiger charge is 2.42. The summed E-state index contributed by atoms with van der Waals surface area (Å²) in [5.41, 5.74) is 1.01. The Balaban J connectivity index is 1.45. The van der Waals surface area contributed by atoms with Crippen molar-refractivity contribution in [2.24, 2.45) is 5.92 Å². The van der Waals surface area contributed by atoms with Crippen LogP contribution in [0.4, 0.5) is 8.78 Å². The Morgan fingerprint density at radius 1 is 1.06 bits per heavy atom. The van der Waals surface area contributed by atoms with E-state index in [0.29, 0.717) is 30.8 Å². The number of nitrogens with zero attached hydrogens (tertiary/aromatic N) is 5. The molecule has 1 aliphatic rings. The topological polar surface area (TPSA) is 118 Å². The van der Waals surface area contributed by atoms with E-state index in [1.807, 2.05) is 6.92 Å². The van der Waals surface area contributed by atoms with Gasteiger partial charge in [-0.15, -0.1) is 0 Å². The minimum Gasteiger partial charge on any atom is -0.489 e. The number of amides is 3. The van der Waals surface area contributed by atoms with Crippen LogP contribution in [-0.2, 0) is 20.7 Å². The summed E-state index contributed by atoms with van der Waals surface area (Å²) in [6.07, 6.45) is 5.16. The molecule has 260 valence electrons. The van der Waals surface area contributed by atoms with Crippen molar-refractivity contribution >= 4 is 23.5 Å². The third kappa shape index (κ3) is 8.77. The predicted molar refractivity (Wildman–Crippen MR) is 178 cm³/mol. The summed E-state index contributed by atoms with van der Waals surface area (Å²) in [5.74, 6) is -1.28. The smallest absolute Gasteiger partial charge is 0.274 e. The van der Waals surface area contributed by atoms with E-state index in [1.54, 1.807) is 64.8 Å². The van der Waals surface area contributed by atoms with Crippen molar-refractivity contribution in [3.05, 3.63) is 96.1 Å². The lowest BCUT2D eigenvalue weighted by molar-refractivity contribution is -0.142. The quantitative estimate of drug-likeness (QED) is 0.212. The molecule has 2 aromatic carbocycles. The molecule has 3 heterocycles.